The first kappa shape index (κ1) is 36.5. The molecule has 1 fully saturated rings. The van der Waals surface area contributed by atoms with Crippen LogP contribution in [0.4, 0.5) is 0 Å². The van der Waals surface area contributed by atoms with Gasteiger partial charge < -0.3 is 0 Å². The van der Waals surface area contributed by atoms with Gasteiger partial charge in [0.05, 0.1) is 0 Å². The van der Waals surface area contributed by atoms with Crippen LogP contribution in [0.3, 0.4) is 0 Å². The number of hydrogen-bond donors (Lipinski definition) is 0. The Morgan fingerprint density at radius 1 is 0.909 bits per heavy atom. The predicted octanol–water partition coefficient (Wildman–Crippen LogP) is 12.0. The third-order valence-corrected chi connectivity index (χ3v) is 8.32. The van der Waals surface area contributed by atoms with Crippen LogP contribution >= 0.6 is 0 Å². The van der Waals surface area contributed by atoms with E-state index in [0.29, 0.717) is 16.2 Å². The minimum absolute atomic E-state index is 0.404. The van der Waals surface area contributed by atoms with E-state index in [1.165, 1.54) is 51.4 Å². The van der Waals surface area contributed by atoms with Crippen LogP contribution in [0.25, 0.3) is 0 Å². The van der Waals surface area contributed by atoms with Crippen LogP contribution in [0.15, 0.2) is 50.1 Å². The van der Waals surface area contributed by atoms with Crippen molar-refractivity contribution in [3.8, 4) is 0 Å². The van der Waals surface area contributed by atoms with E-state index in [1.54, 1.807) is 5.57 Å². The van der Waals surface area contributed by atoms with Crippen LogP contribution in [0.5, 0.6) is 0 Å². The Morgan fingerprint density at radius 3 is 1.82 bits per heavy atom. The van der Waals surface area contributed by atoms with Gasteiger partial charge in [-0.3, -0.25) is 0 Å². The van der Waals surface area contributed by atoms with Crippen molar-refractivity contribution < 1.29 is 0 Å². The second-order valence-corrected chi connectivity index (χ2v) is 11.1. The lowest BCUT2D eigenvalue weighted by Crippen LogP contribution is -2.47. The normalized spacial score (nSPS) is 27.0. The molecule has 1 saturated carbocycles. The van der Waals surface area contributed by atoms with Gasteiger partial charge >= 0.3 is 0 Å². The predicted molar refractivity (Wildman–Crippen MR) is 158 cm³/mol. The average molecular weight is 461 g/mol. The van der Waals surface area contributed by atoms with Crippen molar-refractivity contribution in [2.75, 3.05) is 0 Å². The molecule has 3 unspecified atom stereocenters. The first-order valence-corrected chi connectivity index (χ1v) is 13.8. The molecule has 0 heterocycles. The molecule has 0 aromatic heterocycles. The van der Waals surface area contributed by atoms with Gasteiger partial charge in [-0.05, 0) is 73.5 Å². The molecule has 0 aliphatic heterocycles. The van der Waals surface area contributed by atoms with Gasteiger partial charge in [-0.25, -0.2) is 0 Å². The third kappa shape index (κ3) is 10.4. The van der Waals surface area contributed by atoms with Gasteiger partial charge in [-0.2, -0.15) is 0 Å². The van der Waals surface area contributed by atoms with Gasteiger partial charge in [0.1, 0.15) is 0 Å². The van der Waals surface area contributed by atoms with E-state index in [1.807, 2.05) is 25.5 Å². The zero-order chi connectivity index (χ0) is 26.9. The molecule has 0 aromatic carbocycles. The van der Waals surface area contributed by atoms with Gasteiger partial charge in [-0.1, -0.05) is 106 Å². The highest BCUT2D eigenvalue weighted by Gasteiger charge is 2.51. The molecule has 196 valence electrons. The van der Waals surface area contributed by atoms with Crippen molar-refractivity contribution in [2.45, 2.75) is 134 Å². The van der Waals surface area contributed by atoms with Crippen LogP contribution in [0, 0.1) is 28.1 Å². The van der Waals surface area contributed by atoms with Crippen LogP contribution in [-0.2, 0) is 0 Å². The summed E-state index contributed by atoms with van der Waals surface area (Å²) in [5, 5.41) is 0. The topological polar surface area (TPSA) is 0 Å². The zero-order valence-electron chi connectivity index (χ0n) is 25.1. The fourth-order valence-electron chi connectivity index (χ4n) is 5.87. The van der Waals surface area contributed by atoms with Gasteiger partial charge in [0.25, 0.3) is 0 Å². The monoisotopic (exact) mass is 461 g/mol. The van der Waals surface area contributed by atoms with Crippen molar-refractivity contribution in [2.24, 2.45) is 28.1 Å². The van der Waals surface area contributed by atoms with Gasteiger partial charge in [0.2, 0.25) is 0 Å². The molecule has 2 rings (SSSR count). The fraction of sp³-hybridized carbons (Fsp3) is 0.758. The molecule has 3 atom stereocenters. The SMILES string of the molecule is C=C.C=C.C=CCCC.CC.CCCC1CC(C)(C2=C(C)C(C)(C)CCC2)C(C)(C)CC1C. The molecule has 0 saturated heterocycles. The highest BCUT2D eigenvalue weighted by Crippen LogP contribution is 2.61. The maximum absolute atomic E-state index is 3.55. The molecule has 2 aliphatic carbocycles. The minimum Gasteiger partial charge on any atom is -0.106 e. The Balaban J connectivity index is -0.000000699. The van der Waals surface area contributed by atoms with Crippen molar-refractivity contribution >= 4 is 0 Å². The Labute approximate surface area is 212 Å². The van der Waals surface area contributed by atoms with Crippen LogP contribution in [-0.4, -0.2) is 0 Å². The third-order valence-electron chi connectivity index (χ3n) is 8.32. The summed E-state index contributed by atoms with van der Waals surface area (Å²) in [5.41, 5.74) is 4.80. The van der Waals surface area contributed by atoms with E-state index in [2.05, 4.69) is 95.2 Å². The summed E-state index contributed by atoms with van der Waals surface area (Å²) >= 11 is 0. The first-order chi connectivity index (χ1) is 15.5. The Hall–Kier alpha value is -1.04. The summed E-state index contributed by atoms with van der Waals surface area (Å²) in [6.45, 7) is 41.6. The molecule has 0 radical (unpaired) electrons. The maximum Gasteiger partial charge on any atom is -0.00596 e. The summed E-state index contributed by atoms with van der Waals surface area (Å²) in [5.74, 6) is 1.81. The van der Waals surface area contributed by atoms with E-state index in [4.69, 9.17) is 0 Å². The summed E-state index contributed by atoms with van der Waals surface area (Å²) < 4.78 is 0. The highest BCUT2D eigenvalue weighted by molar-refractivity contribution is 5.30. The Morgan fingerprint density at radius 2 is 1.42 bits per heavy atom. The second-order valence-electron chi connectivity index (χ2n) is 11.1. The summed E-state index contributed by atoms with van der Waals surface area (Å²) in [7, 11) is 0. The second kappa shape index (κ2) is 18.3. The molecule has 0 spiro atoms. The Bertz CT molecular complexity index is 530. The van der Waals surface area contributed by atoms with Crippen molar-refractivity contribution in [1.82, 2.24) is 0 Å². The molecule has 33 heavy (non-hydrogen) atoms. The zero-order valence-corrected chi connectivity index (χ0v) is 25.1. The van der Waals surface area contributed by atoms with E-state index < -0.39 is 0 Å². The van der Waals surface area contributed by atoms with Crippen LogP contribution in [0.2, 0.25) is 0 Å². The highest BCUT2D eigenvalue weighted by atomic mass is 14.6. The molecule has 2 aliphatic rings. The number of hydrogen-bond acceptors (Lipinski definition) is 0. The van der Waals surface area contributed by atoms with Gasteiger partial charge in [0, 0.05) is 0 Å². The molecule has 0 amide bonds. The lowest BCUT2D eigenvalue weighted by atomic mass is 9.48. The maximum atomic E-state index is 3.55. The number of allylic oxidation sites excluding steroid dienone is 3. The van der Waals surface area contributed by atoms with E-state index in [-0.39, 0.29) is 0 Å². The quantitative estimate of drug-likeness (QED) is 0.358. The summed E-state index contributed by atoms with van der Waals surface area (Å²) in [6.07, 6.45) is 14.0. The number of rotatable bonds is 5. The van der Waals surface area contributed by atoms with Crippen LogP contribution < -0.4 is 0 Å². The molecular formula is C33H64. The molecule has 0 aromatic rings. The molecule has 0 nitrogen and oxygen atoms in total. The lowest BCUT2D eigenvalue weighted by Gasteiger charge is -2.57. The minimum atomic E-state index is 0.404. The Kier molecular flexibility index (Phi) is 20.3. The van der Waals surface area contributed by atoms with Crippen LogP contribution in [0.1, 0.15) is 134 Å². The van der Waals surface area contributed by atoms with Crippen molar-refractivity contribution in [3.05, 3.63) is 50.1 Å². The molecule has 0 bridgehead atoms. The first-order valence-electron chi connectivity index (χ1n) is 13.8. The largest absolute Gasteiger partial charge is 0.106 e. The van der Waals surface area contributed by atoms with E-state index in [0.717, 1.165) is 18.3 Å². The molecule has 0 N–H and O–H groups in total. The van der Waals surface area contributed by atoms with Crippen molar-refractivity contribution in [3.63, 3.8) is 0 Å². The van der Waals surface area contributed by atoms with E-state index >= 15 is 0 Å². The molecular weight excluding hydrogens is 396 g/mol. The molecule has 0 heteroatoms. The summed E-state index contributed by atoms with van der Waals surface area (Å²) in [6, 6.07) is 0. The van der Waals surface area contributed by atoms with E-state index in [9.17, 15) is 0 Å². The van der Waals surface area contributed by atoms with Gasteiger partial charge in [-0.15, -0.1) is 32.9 Å². The van der Waals surface area contributed by atoms with Gasteiger partial charge in [0.15, 0.2) is 0 Å². The summed E-state index contributed by atoms with van der Waals surface area (Å²) in [4.78, 5) is 0. The fourth-order valence-corrected chi connectivity index (χ4v) is 5.87. The standard InChI is InChI=1S/C22H40.C5H10.C2H6.2C2H4/c1-9-11-18-15-22(8,21(6,7)14-16(18)2)19-12-10-13-20(4,5)17(19)3;1-3-5-4-2;3*1-2/h16,18H,9-15H2,1-8H3;3H,1,4-5H2,2H3;1-2H3;2*1-2H2. The number of unbranched alkanes of at least 4 members (excludes halogenated alkanes) is 1. The van der Waals surface area contributed by atoms with Crippen molar-refractivity contribution in [1.29, 1.82) is 0 Å². The smallest absolute Gasteiger partial charge is 0.00596 e. The average Bonchev–Trinajstić information content (AvgIpc) is 2.79. The lowest BCUT2D eigenvalue weighted by molar-refractivity contribution is -0.00738.